The largest absolute Gasteiger partial charge is 0.323 e. The third-order valence-electron chi connectivity index (χ3n) is 3.00. The highest BCUT2D eigenvalue weighted by molar-refractivity contribution is 5.78. The summed E-state index contributed by atoms with van der Waals surface area (Å²) >= 11 is 0. The molecule has 0 amide bonds. The Balaban J connectivity index is 1.87. The lowest BCUT2D eigenvalue weighted by atomic mass is 10.2. The van der Waals surface area contributed by atoms with Gasteiger partial charge in [0.15, 0.2) is 0 Å². The fraction of sp³-hybridized carbons (Fsp3) is 0.214. The van der Waals surface area contributed by atoms with Crippen LogP contribution in [0.4, 0.5) is 0 Å². The van der Waals surface area contributed by atoms with Crippen LogP contribution in [0.15, 0.2) is 42.6 Å². The van der Waals surface area contributed by atoms with E-state index < -0.39 is 0 Å². The van der Waals surface area contributed by atoms with Gasteiger partial charge in [-0.2, -0.15) is 0 Å². The molecule has 1 atom stereocenters. The SMILES string of the molecule is CC(N)c1cn(Cc2ccc3ccccc3n2)nn1. The first-order valence-electron chi connectivity index (χ1n) is 6.22. The molecule has 3 aromatic rings. The second kappa shape index (κ2) is 4.78. The Hall–Kier alpha value is -2.27. The lowest BCUT2D eigenvalue weighted by molar-refractivity contribution is 0.639. The maximum Gasteiger partial charge on any atom is 0.0991 e. The van der Waals surface area contributed by atoms with Gasteiger partial charge in [-0.1, -0.05) is 29.5 Å². The number of nitrogens with two attached hydrogens (primary N) is 1. The number of fused-ring (bicyclic) bond motifs is 1. The molecule has 0 aliphatic carbocycles. The number of hydrogen-bond acceptors (Lipinski definition) is 4. The quantitative estimate of drug-likeness (QED) is 0.774. The van der Waals surface area contributed by atoms with Crippen molar-refractivity contribution in [3.63, 3.8) is 0 Å². The Morgan fingerprint density at radius 2 is 2.05 bits per heavy atom. The van der Waals surface area contributed by atoms with E-state index in [0.717, 1.165) is 22.3 Å². The Kier molecular flexibility index (Phi) is 2.97. The Morgan fingerprint density at radius 1 is 1.21 bits per heavy atom. The normalized spacial score (nSPS) is 12.7. The van der Waals surface area contributed by atoms with Crippen LogP contribution in [0.25, 0.3) is 10.9 Å². The van der Waals surface area contributed by atoms with Gasteiger partial charge in [0, 0.05) is 11.4 Å². The van der Waals surface area contributed by atoms with E-state index in [2.05, 4.69) is 27.4 Å². The molecule has 2 heterocycles. The fourth-order valence-corrected chi connectivity index (χ4v) is 1.96. The Labute approximate surface area is 111 Å². The van der Waals surface area contributed by atoms with Crippen molar-refractivity contribution in [1.82, 2.24) is 20.0 Å². The molecule has 0 spiro atoms. The zero-order valence-electron chi connectivity index (χ0n) is 10.7. The summed E-state index contributed by atoms with van der Waals surface area (Å²) in [6.45, 7) is 2.49. The zero-order chi connectivity index (χ0) is 13.2. The van der Waals surface area contributed by atoms with Gasteiger partial charge in [0.25, 0.3) is 0 Å². The number of pyridine rings is 1. The summed E-state index contributed by atoms with van der Waals surface area (Å²) in [6.07, 6.45) is 1.86. The fourth-order valence-electron chi connectivity index (χ4n) is 1.96. The zero-order valence-corrected chi connectivity index (χ0v) is 10.7. The van der Waals surface area contributed by atoms with Crippen LogP contribution in [0.1, 0.15) is 24.4 Å². The lowest BCUT2D eigenvalue weighted by Gasteiger charge is -2.02. The minimum Gasteiger partial charge on any atom is -0.323 e. The van der Waals surface area contributed by atoms with Crippen molar-refractivity contribution in [3.8, 4) is 0 Å². The molecule has 0 saturated heterocycles. The van der Waals surface area contributed by atoms with E-state index >= 15 is 0 Å². The van der Waals surface area contributed by atoms with E-state index in [1.54, 1.807) is 4.68 Å². The van der Waals surface area contributed by atoms with Crippen LogP contribution in [0.2, 0.25) is 0 Å². The summed E-state index contributed by atoms with van der Waals surface area (Å²) in [6, 6.07) is 12.0. The molecule has 19 heavy (non-hydrogen) atoms. The number of nitrogens with zero attached hydrogens (tertiary/aromatic N) is 4. The molecule has 0 bridgehead atoms. The summed E-state index contributed by atoms with van der Waals surface area (Å²) in [4.78, 5) is 4.60. The van der Waals surface area contributed by atoms with Crippen molar-refractivity contribution in [3.05, 3.63) is 54.0 Å². The van der Waals surface area contributed by atoms with E-state index in [1.165, 1.54) is 0 Å². The van der Waals surface area contributed by atoms with Gasteiger partial charge in [-0.3, -0.25) is 4.98 Å². The van der Waals surface area contributed by atoms with Crippen LogP contribution in [-0.4, -0.2) is 20.0 Å². The predicted octanol–water partition coefficient (Wildman–Crippen LogP) is 1.89. The third-order valence-corrected chi connectivity index (χ3v) is 3.00. The minimum atomic E-state index is -0.0988. The second-order valence-electron chi connectivity index (χ2n) is 4.62. The predicted molar refractivity (Wildman–Crippen MR) is 73.5 cm³/mol. The van der Waals surface area contributed by atoms with Crippen LogP contribution < -0.4 is 5.73 Å². The van der Waals surface area contributed by atoms with E-state index in [0.29, 0.717) is 6.54 Å². The number of aromatic nitrogens is 4. The standard InChI is InChI=1S/C14H15N5/c1-10(15)14-9-19(18-17-14)8-12-7-6-11-4-2-3-5-13(11)16-12/h2-7,9-10H,8,15H2,1H3. The van der Waals surface area contributed by atoms with Gasteiger partial charge in [-0.05, 0) is 19.1 Å². The molecule has 0 aliphatic rings. The molecule has 1 aromatic carbocycles. The van der Waals surface area contributed by atoms with Gasteiger partial charge in [0.2, 0.25) is 0 Å². The van der Waals surface area contributed by atoms with E-state index in [9.17, 15) is 0 Å². The molecule has 0 aliphatic heterocycles. The van der Waals surface area contributed by atoms with Crippen LogP contribution in [-0.2, 0) is 6.54 Å². The first kappa shape index (κ1) is 11.8. The number of rotatable bonds is 3. The summed E-state index contributed by atoms with van der Waals surface area (Å²) in [5.74, 6) is 0. The third kappa shape index (κ3) is 2.46. The highest BCUT2D eigenvalue weighted by Gasteiger charge is 2.06. The summed E-state index contributed by atoms with van der Waals surface area (Å²) in [7, 11) is 0. The van der Waals surface area contributed by atoms with Crippen molar-refractivity contribution in [2.45, 2.75) is 19.5 Å². The lowest BCUT2D eigenvalue weighted by Crippen LogP contribution is -2.05. The van der Waals surface area contributed by atoms with Gasteiger partial charge in [-0.15, -0.1) is 5.10 Å². The minimum absolute atomic E-state index is 0.0988. The van der Waals surface area contributed by atoms with Crippen molar-refractivity contribution in [1.29, 1.82) is 0 Å². The molecule has 5 nitrogen and oxygen atoms in total. The molecular weight excluding hydrogens is 238 g/mol. The second-order valence-corrected chi connectivity index (χ2v) is 4.62. The summed E-state index contributed by atoms with van der Waals surface area (Å²) in [5, 5.41) is 9.23. The average Bonchev–Trinajstić information content (AvgIpc) is 2.87. The van der Waals surface area contributed by atoms with Gasteiger partial charge < -0.3 is 5.73 Å². The monoisotopic (exact) mass is 253 g/mol. The molecule has 0 radical (unpaired) electrons. The van der Waals surface area contributed by atoms with Crippen LogP contribution in [0.3, 0.4) is 0 Å². The number of para-hydroxylation sites is 1. The van der Waals surface area contributed by atoms with Crippen molar-refractivity contribution >= 4 is 10.9 Å². The van der Waals surface area contributed by atoms with Crippen molar-refractivity contribution in [2.24, 2.45) is 5.73 Å². The summed E-state index contributed by atoms with van der Waals surface area (Å²) in [5.41, 5.74) is 8.51. The highest BCUT2D eigenvalue weighted by atomic mass is 15.4. The van der Waals surface area contributed by atoms with E-state index in [-0.39, 0.29) is 6.04 Å². The molecule has 2 N–H and O–H groups in total. The topological polar surface area (TPSA) is 69.6 Å². The molecule has 2 aromatic heterocycles. The van der Waals surface area contributed by atoms with Crippen molar-refractivity contribution < 1.29 is 0 Å². The smallest absolute Gasteiger partial charge is 0.0991 e. The van der Waals surface area contributed by atoms with Crippen LogP contribution >= 0.6 is 0 Å². The van der Waals surface area contributed by atoms with Gasteiger partial charge in [-0.25, -0.2) is 4.68 Å². The molecule has 3 rings (SSSR count). The average molecular weight is 253 g/mol. The van der Waals surface area contributed by atoms with E-state index in [1.807, 2.05) is 37.4 Å². The number of hydrogen-bond donors (Lipinski definition) is 1. The Morgan fingerprint density at radius 3 is 2.84 bits per heavy atom. The van der Waals surface area contributed by atoms with E-state index in [4.69, 9.17) is 5.73 Å². The van der Waals surface area contributed by atoms with Crippen LogP contribution in [0.5, 0.6) is 0 Å². The van der Waals surface area contributed by atoms with Crippen LogP contribution in [0, 0.1) is 0 Å². The first-order chi connectivity index (χ1) is 9.22. The first-order valence-corrected chi connectivity index (χ1v) is 6.22. The number of benzene rings is 1. The highest BCUT2D eigenvalue weighted by Crippen LogP contribution is 2.12. The maximum absolute atomic E-state index is 5.76. The van der Waals surface area contributed by atoms with Gasteiger partial charge >= 0.3 is 0 Å². The van der Waals surface area contributed by atoms with Gasteiger partial charge in [0.1, 0.15) is 0 Å². The molecule has 96 valence electrons. The molecule has 1 unspecified atom stereocenters. The summed E-state index contributed by atoms with van der Waals surface area (Å²) < 4.78 is 1.76. The molecule has 0 fully saturated rings. The molecular formula is C14H15N5. The van der Waals surface area contributed by atoms with Crippen molar-refractivity contribution in [2.75, 3.05) is 0 Å². The van der Waals surface area contributed by atoms with Gasteiger partial charge in [0.05, 0.1) is 29.6 Å². The molecule has 5 heteroatoms. The molecule has 0 saturated carbocycles. The Bertz CT molecular complexity index is 702. The maximum atomic E-state index is 5.76.